The highest BCUT2D eigenvalue weighted by Gasteiger charge is 2.23. The van der Waals surface area contributed by atoms with E-state index in [-0.39, 0.29) is 5.95 Å². The van der Waals surface area contributed by atoms with Crippen molar-refractivity contribution in [2.24, 2.45) is 5.10 Å². The molecule has 0 N–H and O–H groups in total. The highest BCUT2D eigenvalue weighted by atomic mass is 16.5. The van der Waals surface area contributed by atoms with E-state index in [1.165, 1.54) is 39.9 Å². The molecular formula is C23H24N4O5. The van der Waals surface area contributed by atoms with E-state index in [1.807, 2.05) is 30.3 Å². The number of hydrogen-bond acceptors (Lipinski definition) is 7. The van der Waals surface area contributed by atoms with Crippen molar-refractivity contribution in [1.82, 2.24) is 9.66 Å². The third-order valence-electron chi connectivity index (χ3n) is 4.59. The molecule has 2 aromatic carbocycles. The summed E-state index contributed by atoms with van der Waals surface area (Å²) in [5.74, 6) is 0.559. The molecule has 2 amide bonds. The topological polar surface area (TPSA) is 95.2 Å². The SMILES string of the molecule is COc1cc(/C=N/n2cc(-c3ccccc3)nc2N(C(C)=O)C(C)=O)cc(OC)c1OC. The van der Waals surface area contributed by atoms with Crippen LogP contribution < -0.4 is 19.1 Å². The molecule has 9 nitrogen and oxygen atoms in total. The van der Waals surface area contributed by atoms with Crippen LogP contribution in [0.5, 0.6) is 17.2 Å². The van der Waals surface area contributed by atoms with Gasteiger partial charge in [0.1, 0.15) is 0 Å². The first-order valence-electron chi connectivity index (χ1n) is 9.70. The summed E-state index contributed by atoms with van der Waals surface area (Å²) in [6, 6.07) is 12.9. The van der Waals surface area contributed by atoms with Crippen LogP contribution >= 0.6 is 0 Å². The number of nitrogens with zero attached hydrogens (tertiary/aromatic N) is 4. The predicted molar refractivity (Wildman–Crippen MR) is 121 cm³/mol. The number of imidazole rings is 1. The molecule has 0 spiro atoms. The number of amides is 2. The zero-order valence-electron chi connectivity index (χ0n) is 18.5. The van der Waals surface area contributed by atoms with Crippen molar-refractivity contribution in [2.45, 2.75) is 13.8 Å². The van der Waals surface area contributed by atoms with Gasteiger partial charge in [0.05, 0.1) is 39.4 Å². The van der Waals surface area contributed by atoms with Gasteiger partial charge in [0.25, 0.3) is 0 Å². The first kappa shape index (κ1) is 22.5. The summed E-state index contributed by atoms with van der Waals surface area (Å²) in [5.41, 5.74) is 2.04. The molecule has 0 aliphatic heterocycles. The normalized spacial score (nSPS) is 10.8. The van der Waals surface area contributed by atoms with Gasteiger partial charge in [0.2, 0.25) is 23.5 Å². The summed E-state index contributed by atoms with van der Waals surface area (Å²) in [5, 5.41) is 4.45. The Bertz CT molecular complexity index is 1120. The maximum atomic E-state index is 12.1. The van der Waals surface area contributed by atoms with Crippen LogP contribution in [0.1, 0.15) is 19.4 Å². The molecule has 0 fully saturated rings. The van der Waals surface area contributed by atoms with Gasteiger partial charge >= 0.3 is 0 Å². The smallest absolute Gasteiger partial charge is 0.241 e. The standard InChI is InChI=1S/C23H24N4O5/c1-15(28)27(16(2)29)23-25-19(18-9-7-6-8-10-18)14-26(23)24-13-17-11-20(30-3)22(32-5)21(12-17)31-4/h6-14H,1-5H3/b24-13+. The number of carbonyl (C=O) groups is 2. The summed E-state index contributed by atoms with van der Waals surface area (Å²) < 4.78 is 17.5. The number of methoxy groups -OCH3 is 3. The van der Waals surface area contributed by atoms with Crippen molar-refractivity contribution in [3.8, 4) is 28.5 Å². The molecule has 32 heavy (non-hydrogen) atoms. The van der Waals surface area contributed by atoms with Gasteiger partial charge in [-0.3, -0.25) is 9.59 Å². The van der Waals surface area contributed by atoms with Crippen LogP contribution in [0.25, 0.3) is 11.3 Å². The van der Waals surface area contributed by atoms with Crippen LogP contribution in [0.15, 0.2) is 53.8 Å². The van der Waals surface area contributed by atoms with Crippen molar-refractivity contribution in [1.29, 1.82) is 0 Å². The number of anilines is 1. The van der Waals surface area contributed by atoms with Crippen molar-refractivity contribution < 1.29 is 23.8 Å². The highest BCUT2D eigenvalue weighted by molar-refractivity contribution is 6.12. The highest BCUT2D eigenvalue weighted by Crippen LogP contribution is 2.37. The fraction of sp³-hybridized carbons (Fsp3) is 0.217. The van der Waals surface area contributed by atoms with Gasteiger partial charge in [-0.2, -0.15) is 5.10 Å². The molecule has 1 heterocycles. The minimum Gasteiger partial charge on any atom is -0.493 e. The largest absolute Gasteiger partial charge is 0.493 e. The molecule has 0 saturated carbocycles. The van der Waals surface area contributed by atoms with Gasteiger partial charge in [-0.05, 0) is 12.1 Å². The molecule has 0 saturated heterocycles. The number of imide groups is 1. The Morgan fingerprint density at radius 1 is 0.969 bits per heavy atom. The molecule has 1 aromatic heterocycles. The van der Waals surface area contributed by atoms with Crippen LogP contribution in [0.2, 0.25) is 0 Å². The number of benzene rings is 2. The number of carbonyl (C=O) groups excluding carboxylic acids is 2. The van der Waals surface area contributed by atoms with Crippen LogP contribution in [0.3, 0.4) is 0 Å². The van der Waals surface area contributed by atoms with Crippen LogP contribution in [0, 0.1) is 0 Å². The van der Waals surface area contributed by atoms with E-state index in [9.17, 15) is 9.59 Å². The summed E-state index contributed by atoms with van der Waals surface area (Å²) in [6.07, 6.45) is 3.20. The average molecular weight is 436 g/mol. The van der Waals surface area contributed by atoms with E-state index < -0.39 is 11.8 Å². The maximum Gasteiger partial charge on any atom is 0.241 e. The number of ether oxygens (including phenoxy) is 3. The summed E-state index contributed by atoms with van der Waals surface area (Å²) in [7, 11) is 4.57. The summed E-state index contributed by atoms with van der Waals surface area (Å²) in [4.78, 5) is 29.8. The number of aromatic nitrogens is 2. The zero-order chi connectivity index (χ0) is 23.3. The monoisotopic (exact) mass is 436 g/mol. The van der Waals surface area contributed by atoms with Gasteiger partial charge in [0, 0.05) is 25.0 Å². The third-order valence-corrected chi connectivity index (χ3v) is 4.59. The Labute approximate surface area is 185 Å². The number of hydrogen-bond donors (Lipinski definition) is 0. The van der Waals surface area contributed by atoms with Gasteiger partial charge in [0.15, 0.2) is 11.5 Å². The lowest BCUT2D eigenvalue weighted by Crippen LogP contribution is -2.35. The Kier molecular flexibility index (Phi) is 6.89. The fourth-order valence-electron chi connectivity index (χ4n) is 3.15. The van der Waals surface area contributed by atoms with Gasteiger partial charge in [-0.1, -0.05) is 30.3 Å². The minimum atomic E-state index is -0.466. The molecular weight excluding hydrogens is 412 g/mol. The van der Waals surface area contributed by atoms with Gasteiger partial charge in [-0.25, -0.2) is 14.6 Å². The van der Waals surface area contributed by atoms with E-state index in [0.717, 1.165) is 10.5 Å². The lowest BCUT2D eigenvalue weighted by atomic mass is 10.2. The molecule has 3 rings (SSSR count). The van der Waals surface area contributed by atoms with Crippen LogP contribution in [-0.4, -0.2) is 49.0 Å². The summed E-state index contributed by atoms with van der Waals surface area (Å²) >= 11 is 0. The van der Waals surface area contributed by atoms with E-state index in [0.29, 0.717) is 28.5 Å². The molecule has 0 aliphatic rings. The first-order valence-corrected chi connectivity index (χ1v) is 9.70. The Morgan fingerprint density at radius 3 is 2.06 bits per heavy atom. The van der Waals surface area contributed by atoms with Gasteiger partial charge in [-0.15, -0.1) is 0 Å². The van der Waals surface area contributed by atoms with Gasteiger partial charge < -0.3 is 14.2 Å². The van der Waals surface area contributed by atoms with Crippen molar-refractivity contribution in [3.63, 3.8) is 0 Å². The Balaban J connectivity index is 2.10. The first-order chi connectivity index (χ1) is 15.4. The quantitative estimate of drug-likeness (QED) is 0.527. The molecule has 3 aromatic rings. The van der Waals surface area contributed by atoms with Crippen molar-refractivity contribution >= 4 is 24.0 Å². The summed E-state index contributed by atoms with van der Waals surface area (Å²) in [6.45, 7) is 2.59. The van der Waals surface area contributed by atoms with E-state index >= 15 is 0 Å². The van der Waals surface area contributed by atoms with E-state index in [2.05, 4.69) is 10.1 Å². The molecule has 0 radical (unpaired) electrons. The van der Waals surface area contributed by atoms with E-state index in [1.54, 1.807) is 24.5 Å². The molecule has 0 bridgehead atoms. The molecule has 0 unspecified atom stereocenters. The second-order valence-corrected chi connectivity index (χ2v) is 6.71. The average Bonchev–Trinajstić information content (AvgIpc) is 3.20. The molecule has 166 valence electrons. The Morgan fingerprint density at radius 2 is 1.56 bits per heavy atom. The fourth-order valence-corrected chi connectivity index (χ4v) is 3.15. The minimum absolute atomic E-state index is 0.0903. The zero-order valence-corrected chi connectivity index (χ0v) is 18.5. The van der Waals surface area contributed by atoms with E-state index in [4.69, 9.17) is 14.2 Å². The molecule has 9 heteroatoms. The third kappa shape index (κ3) is 4.61. The van der Waals surface area contributed by atoms with Crippen LogP contribution in [-0.2, 0) is 9.59 Å². The van der Waals surface area contributed by atoms with Crippen molar-refractivity contribution in [2.75, 3.05) is 26.2 Å². The lowest BCUT2D eigenvalue weighted by Gasteiger charge is -2.15. The lowest BCUT2D eigenvalue weighted by molar-refractivity contribution is -0.124. The van der Waals surface area contributed by atoms with Crippen LogP contribution in [0.4, 0.5) is 5.95 Å². The molecule has 0 atom stereocenters. The molecule has 0 aliphatic carbocycles. The Hall–Kier alpha value is -4.14. The second kappa shape index (κ2) is 9.78. The van der Waals surface area contributed by atoms with Crippen molar-refractivity contribution in [3.05, 3.63) is 54.2 Å². The predicted octanol–water partition coefficient (Wildman–Crippen LogP) is 3.36. The number of rotatable bonds is 7. The second-order valence-electron chi connectivity index (χ2n) is 6.71. The maximum absolute atomic E-state index is 12.1.